The highest BCUT2D eigenvalue weighted by atomic mass is 32.1. The second-order valence-corrected chi connectivity index (χ2v) is 11.9. The third kappa shape index (κ3) is 7.15. The van der Waals surface area contributed by atoms with Crippen molar-refractivity contribution in [1.82, 2.24) is 25.3 Å². The molecule has 0 radical (unpaired) electrons. The van der Waals surface area contributed by atoms with Gasteiger partial charge in [-0.1, -0.05) is 63.3 Å². The van der Waals surface area contributed by atoms with Crippen LogP contribution in [0.3, 0.4) is 0 Å². The fourth-order valence-corrected chi connectivity index (χ4v) is 4.72. The quantitative estimate of drug-likeness (QED) is 0.262. The maximum absolute atomic E-state index is 13.4. The smallest absolute Gasteiger partial charge is 0.255 e. The van der Waals surface area contributed by atoms with Gasteiger partial charge < -0.3 is 16.0 Å². The second kappa shape index (κ2) is 11.5. The molecule has 0 saturated heterocycles. The van der Waals surface area contributed by atoms with Crippen molar-refractivity contribution >= 4 is 34.0 Å². The van der Waals surface area contributed by atoms with Crippen LogP contribution in [-0.4, -0.2) is 37.8 Å². The number of nitrogens with one attached hydrogen (secondary N) is 3. The predicted octanol–water partition coefficient (Wildman–Crippen LogP) is 5.71. The highest BCUT2D eigenvalue weighted by Crippen LogP contribution is 2.29. The molecule has 0 spiro atoms. The zero-order valence-corrected chi connectivity index (χ0v) is 24.2. The third-order valence-electron chi connectivity index (χ3n) is 6.08. The van der Waals surface area contributed by atoms with Crippen LogP contribution in [0.4, 0.5) is 10.8 Å². The lowest BCUT2D eigenvalue weighted by Gasteiger charge is -2.22. The van der Waals surface area contributed by atoms with Gasteiger partial charge in [0.05, 0.1) is 16.8 Å². The van der Waals surface area contributed by atoms with Gasteiger partial charge >= 0.3 is 0 Å². The summed E-state index contributed by atoms with van der Waals surface area (Å²) in [7, 11) is 0. The van der Waals surface area contributed by atoms with Crippen LogP contribution in [0.25, 0.3) is 16.3 Å². The van der Waals surface area contributed by atoms with E-state index in [0.29, 0.717) is 34.7 Å². The molecule has 0 bridgehead atoms. The number of nitrogens with zero attached hydrogens (tertiary/aromatic N) is 4. The Hall–Kier alpha value is -3.89. The van der Waals surface area contributed by atoms with Crippen LogP contribution >= 0.6 is 11.3 Å². The third-order valence-corrected chi connectivity index (χ3v) is 7.02. The van der Waals surface area contributed by atoms with Gasteiger partial charge in [-0.2, -0.15) is 0 Å². The Labute approximate surface area is 233 Å². The van der Waals surface area contributed by atoms with E-state index in [1.54, 1.807) is 17.1 Å². The van der Waals surface area contributed by atoms with Gasteiger partial charge in [-0.25, -0.2) is 9.67 Å². The van der Waals surface area contributed by atoms with Gasteiger partial charge in [0, 0.05) is 37.0 Å². The van der Waals surface area contributed by atoms with Gasteiger partial charge in [-0.15, -0.1) is 5.10 Å². The van der Waals surface area contributed by atoms with Crippen molar-refractivity contribution in [3.05, 3.63) is 71.0 Å². The molecule has 2 amide bonds. The predicted molar refractivity (Wildman–Crippen MR) is 157 cm³/mol. The first-order valence-corrected chi connectivity index (χ1v) is 13.7. The van der Waals surface area contributed by atoms with E-state index in [-0.39, 0.29) is 17.2 Å². The van der Waals surface area contributed by atoms with Crippen molar-refractivity contribution in [2.45, 2.75) is 66.5 Å². The lowest BCUT2D eigenvalue weighted by atomic mass is 9.85. The molecule has 0 atom stereocenters. The number of benzene rings is 2. The average molecular weight is 546 g/mol. The Bertz CT molecular complexity index is 1500. The highest BCUT2D eigenvalue weighted by molar-refractivity contribution is 7.19. The molecule has 0 aliphatic heterocycles. The summed E-state index contributed by atoms with van der Waals surface area (Å²) in [6.45, 7) is 14.8. The van der Waals surface area contributed by atoms with Crippen LogP contribution < -0.4 is 16.0 Å². The first-order valence-electron chi connectivity index (χ1n) is 12.9. The van der Waals surface area contributed by atoms with E-state index in [4.69, 9.17) is 0 Å². The molecule has 39 heavy (non-hydrogen) atoms. The van der Waals surface area contributed by atoms with Crippen molar-refractivity contribution in [2.24, 2.45) is 0 Å². The van der Waals surface area contributed by atoms with Crippen molar-refractivity contribution in [1.29, 1.82) is 0 Å². The van der Waals surface area contributed by atoms with E-state index in [1.165, 1.54) is 18.3 Å². The van der Waals surface area contributed by atoms with E-state index < -0.39 is 0 Å². The first kappa shape index (κ1) is 28.1. The lowest BCUT2D eigenvalue weighted by molar-refractivity contribution is -0.114. The normalized spacial score (nSPS) is 11.6. The minimum absolute atomic E-state index is 0.0916. The van der Waals surface area contributed by atoms with Gasteiger partial charge in [-0.05, 0) is 53.3 Å². The summed E-state index contributed by atoms with van der Waals surface area (Å²) in [5.74, 6) is -0.348. The van der Waals surface area contributed by atoms with Gasteiger partial charge in [0.1, 0.15) is 5.69 Å². The Morgan fingerprint density at radius 2 is 1.85 bits per heavy atom. The number of amides is 2. The number of aryl methyl sites for hydroxylation is 1. The monoisotopic (exact) mass is 545 g/mol. The maximum Gasteiger partial charge on any atom is 0.255 e. The van der Waals surface area contributed by atoms with Crippen molar-refractivity contribution < 1.29 is 9.59 Å². The van der Waals surface area contributed by atoms with Crippen LogP contribution in [0.15, 0.2) is 48.8 Å². The molecule has 2 aromatic carbocycles. The zero-order chi connectivity index (χ0) is 28.3. The zero-order valence-electron chi connectivity index (χ0n) is 23.4. The van der Waals surface area contributed by atoms with Gasteiger partial charge in [0.2, 0.25) is 5.91 Å². The molecule has 10 heteroatoms. The summed E-state index contributed by atoms with van der Waals surface area (Å²) in [5, 5.41) is 18.3. The van der Waals surface area contributed by atoms with Crippen LogP contribution in [-0.2, 0) is 16.8 Å². The van der Waals surface area contributed by atoms with Gasteiger partial charge in [0.25, 0.3) is 5.91 Å². The number of rotatable bonds is 8. The molecular formula is C29H35N7O2S. The fraction of sp³-hybridized carbons (Fsp3) is 0.345. The van der Waals surface area contributed by atoms with E-state index >= 15 is 0 Å². The van der Waals surface area contributed by atoms with Gasteiger partial charge in [0.15, 0.2) is 5.13 Å². The molecule has 3 N–H and O–H groups in total. The number of hydrogen-bond donors (Lipinski definition) is 3. The van der Waals surface area contributed by atoms with E-state index in [9.17, 15) is 9.59 Å². The first-order chi connectivity index (χ1) is 18.4. The highest BCUT2D eigenvalue weighted by Gasteiger charge is 2.19. The Balaban J connectivity index is 1.57. The van der Waals surface area contributed by atoms with Crippen molar-refractivity contribution in [2.75, 3.05) is 10.6 Å². The summed E-state index contributed by atoms with van der Waals surface area (Å²) >= 11 is 1.32. The van der Waals surface area contributed by atoms with Gasteiger partial charge in [-0.3, -0.25) is 9.59 Å². The number of thiazole rings is 1. The number of aromatic nitrogens is 4. The minimum atomic E-state index is -0.178. The van der Waals surface area contributed by atoms with Crippen LogP contribution in [0.2, 0.25) is 0 Å². The molecule has 0 aliphatic carbocycles. The maximum atomic E-state index is 13.4. The molecule has 204 valence electrons. The molecule has 0 fully saturated rings. The molecule has 0 saturated carbocycles. The van der Waals surface area contributed by atoms with E-state index in [0.717, 1.165) is 27.3 Å². The molecule has 2 heterocycles. The Morgan fingerprint density at radius 3 is 2.54 bits per heavy atom. The van der Waals surface area contributed by atoms with Crippen molar-refractivity contribution in [3.63, 3.8) is 0 Å². The SMILES string of the molecule is CC(=O)Nc1ncc(-c2cn(-c3cc(NC(=O)c4cc(CNC(C)C)cc(C(C)(C)C)c4)ccc3C)nn2)s1. The average Bonchev–Trinajstić information content (AvgIpc) is 3.52. The molecule has 0 aliphatic rings. The topological polar surface area (TPSA) is 114 Å². The summed E-state index contributed by atoms with van der Waals surface area (Å²) < 4.78 is 1.67. The van der Waals surface area contributed by atoms with Crippen molar-refractivity contribution in [3.8, 4) is 16.3 Å². The number of carbonyl (C=O) groups is 2. The standard InChI is InChI=1S/C29H35N7O2S/c1-17(2)30-14-20-10-21(12-22(11-20)29(5,6)7)27(38)33-23-9-8-18(3)25(13-23)36-16-24(34-35-36)26-15-31-28(39-26)32-19(4)37/h8-13,15-17,30H,14H2,1-7H3,(H,33,38)(H,31,32,37). The number of anilines is 2. The molecule has 0 unspecified atom stereocenters. The van der Waals surface area contributed by atoms with E-state index in [1.807, 2.05) is 37.3 Å². The Kier molecular flexibility index (Phi) is 8.27. The van der Waals surface area contributed by atoms with Crippen LogP contribution in [0.1, 0.15) is 68.6 Å². The molecular weight excluding hydrogens is 510 g/mol. The minimum Gasteiger partial charge on any atom is -0.322 e. The summed E-state index contributed by atoms with van der Waals surface area (Å²) in [5.41, 5.74) is 5.78. The van der Waals surface area contributed by atoms with Crippen LogP contribution in [0, 0.1) is 6.92 Å². The Morgan fingerprint density at radius 1 is 1.08 bits per heavy atom. The number of hydrogen-bond acceptors (Lipinski definition) is 7. The molecule has 9 nitrogen and oxygen atoms in total. The van der Waals surface area contributed by atoms with Crippen LogP contribution in [0.5, 0.6) is 0 Å². The molecule has 2 aromatic heterocycles. The lowest BCUT2D eigenvalue weighted by Crippen LogP contribution is -2.23. The fourth-order valence-electron chi connectivity index (χ4n) is 3.91. The number of carbonyl (C=O) groups excluding carboxylic acids is 2. The second-order valence-electron chi connectivity index (χ2n) is 10.9. The largest absolute Gasteiger partial charge is 0.322 e. The summed E-state index contributed by atoms with van der Waals surface area (Å²) in [4.78, 5) is 29.7. The summed E-state index contributed by atoms with van der Waals surface area (Å²) in [6.07, 6.45) is 3.46. The molecule has 4 aromatic rings. The summed E-state index contributed by atoms with van der Waals surface area (Å²) in [6, 6.07) is 12.1. The molecule has 4 rings (SSSR count). The van der Waals surface area contributed by atoms with E-state index in [2.05, 4.69) is 71.9 Å².